The number of aryl methyl sites for hydroxylation is 1. The fourth-order valence-electron chi connectivity index (χ4n) is 2.68. The molecule has 0 aliphatic rings. The quantitative estimate of drug-likeness (QED) is 0.635. The van der Waals surface area contributed by atoms with Crippen LogP contribution in [0.1, 0.15) is 28.4 Å². The van der Waals surface area contributed by atoms with E-state index in [1.807, 2.05) is 38.1 Å². The van der Waals surface area contributed by atoms with Crippen LogP contribution in [-0.2, 0) is 4.74 Å². The standard InChI is InChI=1S/C20H19ClN2O2/c1-4-25-20(24)16-11-22-18-9-8-14(21)10-15(18)19(16)23-17-7-5-6-12(2)13(17)3/h5-11H,4H2,1-3H3,(H,22,23). The minimum absolute atomic E-state index is 0.301. The maximum Gasteiger partial charge on any atom is 0.341 e. The minimum atomic E-state index is -0.412. The number of hydrogen-bond donors (Lipinski definition) is 1. The molecule has 128 valence electrons. The van der Waals surface area contributed by atoms with Crippen LogP contribution in [0.15, 0.2) is 42.6 Å². The lowest BCUT2D eigenvalue weighted by atomic mass is 10.1. The predicted octanol–water partition coefficient (Wildman–Crippen LogP) is 5.43. The van der Waals surface area contributed by atoms with E-state index in [2.05, 4.69) is 10.3 Å². The van der Waals surface area contributed by atoms with Crippen LogP contribution in [0.4, 0.5) is 11.4 Å². The first-order chi connectivity index (χ1) is 12.0. The smallest absolute Gasteiger partial charge is 0.341 e. The summed E-state index contributed by atoms with van der Waals surface area (Å²) >= 11 is 6.17. The first-order valence-corrected chi connectivity index (χ1v) is 8.47. The van der Waals surface area contributed by atoms with Crippen LogP contribution < -0.4 is 5.32 Å². The first-order valence-electron chi connectivity index (χ1n) is 8.10. The molecular weight excluding hydrogens is 336 g/mol. The van der Waals surface area contributed by atoms with Gasteiger partial charge in [0.2, 0.25) is 0 Å². The van der Waals surface area contributed by atoms with Gasteiger partial charge in [-0.15, -0.1) is 0 Å². The molecule has 2 aromatic carbocycles. The van der Waals surface area contributed by atoms with Crippen molar-refractivity contribution in [2.24, 2.45) is 0 Å². The molecule has 0 spiro atoms. The molecule has 0 unspecified atom stereocenters. The Kier molecular flexibility index (Phi) is 4.91. The Morgan fingerprint density at radius 1 is 1.24 bits per heavy atom. The number of carbonyl (C=O) groups is 1. The van der Waals surface area contributed by atoms with Crippen LogP contribution in [0.2, 0.25) is 5.02 Å². The Labute approximate surface area is 151 Å². The number of ether oxygens (including phenoxy) is 1. The van der Waals surface area contributed by atoms with Crippen molar-refractivity contribution in [3.63, 3.8) is 0 Å². The molecule has 1 aromatic heterocycles. The highest BCUT2D eigenvalue weighted by Gasteiger charge is 2.18. The molecular formula is C20H19ClN2O2. The van der Waals surface area contributed by atoms with Gasteiger partial charge in [0.15, 0.2) is 0 Å². The molecule has 0 aliphatic heterocycles. The van der Waals surface area contributed by atoms with E-state index in [0.717, 1.165) is 22.2 Å². The van der Waals surface area contributed by atoms with E-state index in [0.29, 0.717) is 22.9 Å². The number of rotatable bonds is 4. The minimum Gasteiger partial charge on any atom is -0.462 e. The van der Waals surface area contributed by atoms with Crippen molar-refractivity contribution < 1.29 is 9.53 Å². The number of anilines is 2. The van der Waals surface area contributed by atoms with Gasteiger partial charge in [-0.2, -0.15) is 0 Å². The van der Waals surface area contributed by atoms with E-state index in [4.69, 9.17) is 16.3 Å². The Morgan fingerprint density at radius 2 is 2.04 bits per heavy atom. The van der Waals surface area contributed by atoms with Gasteiger partial charge in [-0.1, -0.05) is 23.7 Å². The second-order valence-electron chi connectivity index (χ2n) is 5.80. The topological polar surface area (TPSA) is 51.2 Å². The van der Waals surface area contributed by atoms with E-state index in [1.54, 1.807) is 25.3 Å². The summed E-state index contributed by atoms with van der Waals surface area (Å²) in [6.45, 7) is 6.17. The fraction of sp³-hybridized carbons (Fsp3) is 0.200. The van der Waals surface area contributed by atoms with Gasteiger partial charge in [-0.25, -0.2) is 4.79 Å². The molecule has 0 radical (unpaired) electrons. The summed E-state index contributed by atoms with van der Waals surface area (Å²) < 4.78 is 5.19. The summed E-state index contributed by atoms with van der Waals surface area (Å²) in [7, 11) is 0. The third-order valence-corrected chi connectivity index (χ3v) is 4.42. The molecule has 0 atom stereocenters. The van der Waals surface area contributed by atoms with Crippen molar-refractivity contribution in [2.75, 3.05) is 11.9 Å². The van der Waals surface area contributed by atoms with E-state index < -0.39 is 5.97 Å². The molecule has 4 nitrogen and oxygen atoms in total. The van der Waals surface area contributed by atoms with Gasteiger partial charge in [-0.3, -0.25) is 4.98 Å². The lowest BCUT2D eigenvalue weighted by molar-refractivity contribution is 0.0527. The van der Waals surface area contributed by atoms with Gasteiger partial charge in [0.25, 0.3) is 0 Å². The van der Waals surface area contributed by atoms with Crippen molar-refractivity contribution in [3.05, 3.63) is 64.3 Å². The van der Waals surface area contributed by atoms with Gasteiger partial charge in [0.05, 0.1) is 17.8 Å². The third-order valence-electron chi connectivity index (χ3n) is 4.19. The molecule has 0 aliphatic carbocycles. The normalized spacial score (nSPS) is 10.7. The maximum atomic E-state index is 12.4. The van der Waals surface area contributed by atoms with Gasteiger partial charge < -0.3 is 10.1 Å². The molecule has 0 fully saturated rings. The van der Waals surface area contributed by atoms with Crippen molar-refractivity contribution in [1.29, 1.82) is 0 Å². The Balaban J connectivity index is 2.21. The summed E-state index contributed by atoms with van der Waals surface area (Å²) in [5.74, 6) is -0.412. The monoisotopic (exact) mass is 354 g/mol. The van der Waals surface area contributed by atoms with Crippen LogP contribution in [0.3, 0.4) is 0 Å². The zero-order valence-electron chi connectivity index (χ0n) is 14.4. The lowest BCUT2D eigenvalue weighted by Crippen LogP contribution is -2.09. The average molecular weight is 355 g/mol. The summed E-state index contributed by atoms with van der Waals surface area (Å²) in [4.78, 5) is 16.8. The van der Waals surface area contributed by atoms with Crippen LogP contribution in [0.25, 0.3) is 10.9 Å². The highest BCUT2D eigenvalue weighted by Crippen LogP contribution is 2.33. The Morgan fingerprint density at radius 3 is 2.80 bits per heavy atom. The lowest BCUT2D eigenvalue weighted by Gasteiger charge is -2.16. The number of nitrogens with one attached hydrogen (secondary N) is 1. The van der Waals surface area contributed by atoms with Gasteiger partial charge in [0, 0.05) is 22.3 Å². The molecule has 0 amide bonds. The SMILES string of the molecule is CCOC(=O)c1cnc2ccc(Cl)cc2c1Nc1cccc(C)c1C. The maximum absolute atomic E-state index is 12.4. The van der Waals surface area contributed by atoms with E-state index in [-0.39, 0.29) is 0 Å². The predicted molar refractivity (Wildman–Crippen MR) is 102 cm³/mol. The average Bonchev–Trinajstić information content (AvgIpc) is 2.59. The zero-order valence-corrected chi connectivity index (χ0v) is 15.1. The number of nitrogens with zero attached hydrogens (tertiary/aromatic N) is 1. The van der Waals surface area contributed by atoms with Gasteiger partial charge >= 0.3 is 5.97 Å². The number of fused-ring (bicyclic) bond motifs is 1. The molecule has 0 bridgehead atoms. The third kappa shape index (κ3) is 3.44. The van der Waals surface area contributed by atoms with Gasteiger partial charge in [0.1, 0.15) is 5.56 Å². The summed E-state index contributed by atoms with van der Waals surface area (Å²) in [5.41, 5.74) is 5.00. The molecule has 0 saturated carbocycles. The molecule has 25 heavy (non-hydrogen) atoms. The van der Waals surface area contributed by atoms with Crippen molar-refractivity contribution in [3.8, 4) is 0 Å². The van der Waals surface area contributed by atoms with Crippen LogP contribution in [0.5, 0.6) is 0 Å². The Hall–Kier alpha value is -2.59. The number of benzene rings is 2. The van der Waals surface area contributed by atoms with E-state index >= 15 is 0 Å². The van der Waals surface area contributed by atoms with Crippen molar-refractivity contribution in [2.45, 2.75) is 20.8 Å². The molecule has 0 saturated heterocycles. The summed E-state index contributed by atoms with van der Waals surface area (Å²) in [5, 5.41) is 4.75. The van der Waals surface area contributed by atoms with Crippen LogP contribution in [0, 0.1) is 13.8 Å². The van der Waals surface area contributed by atoms with Crippen LogP contribution >= 0.6 is 11.6 Å². The number of halogens is 1. The number of hydrogen-bond acceptors (Lipinski definition) is 4. The number of esters is 1. The first kappa shape index (κ1) is 17.2. The summed E-state index contributed by atoms with van der Waals surface area (Å²) in [6.07, 6.45) is 1.54. The van der Waals surface area contributed by atoms with E-state index in [1.165, 1.54) is 5.56 Å². The largest absolute Gasteiger partial charge is 0.462 e. The second-order valence-corrected chi connectivity index (χ2v) is 6.24. The van der Waals surface area contributed by atoms with Gasteiger partial charge in [-0.05, 0) is 56.2 Å². The number of aromatic nitrogens is 1. The molecule has 3 rings (SSSR count). The number of pyridine rings is 1. The van der Waals surface area contributed by atoms with Crippen LogP contribution in [-0.4, -0.2) is 17.6 Å². The summed E-state index contributed by atoms with van der Waals surface area (Å²) in [6, 6.07) is 11.4. The molecule has 1 N–H and O–H groups in total. The molecule has 3 aromatic rings. The molecule has 5 heteroatoms. The van der Waals surface area contributed by atoms with Crippen molar-refractivity contribution >= 4 is 39.8 Å². The fourth-order valence-corrected chi connectivity index (χ4v) is 2.86. The van der Waals surface area contributed by atoms with Crippen molar-refractivity contribution in [1.82, 2.24) is 4.98 Å². The second kappa shape index (κ2) is 7.11. The highest BCUT2D eigenvalue weighted by molar-refractivity contribution is 6.31. The highest BCUT2D eigenvalue weighted by atomic mass is 35.5. The zero-order chi connectivity index (χ0) is 18.0. The van der Waals surface area contributed by atoms with E-state index in [9.17, 15) is 4.79 Å². The Bertz CT molecular complexity index is 954. The number of carbonyl (C=O) groups excluding carboxylic acids is 1. The molecule has 1 heterocycles.